The lowest BCUT2D eigenvalue weighted by molar-refractivity contribution is 0.111. The maximum atomic E-state index is 11.3. The van der Waals surface area contributed by atoms with Gasteiger partial charge in [0, 0.05) is 18.5 Å². The average molecular weight is 226 g/mol. The Labute approximate surface area is 100 Å². The van der Waals surface area contributed by atoms with Crippen LogP contribution in [0.3, 0.4) is 0 Å². The average Bonchev–Trinajstić information content (AvgIpc) is 2.78. The summed E-state index contributed by atoms with van der Waals surface area (Å²) in [5.74, 6) is 1.05. The van der Waals surface area contributed by atoms with Crippen molar-refractivity contribution in [3.8, 4) is 11.3 Å². The Hall–Kier alpha value is -1.90. The summed E-state index contributed by atoms with van der Waals surface area (Å²) in [5.41, 5.74) is 2.58. The largest absolute Gasteiger partial charge is 0.325 e. The third-order valence-electron chi connectivity index (χ3n) is 3.28. The molecule has 0 aliphatic carbocycles. The van der Waals surface area contributed by atoms with Crippen LogP contribution in [-0.4, -0.2) is 15.8 Å². The Morgan fingerprint density at radius 3 is 2.76 bits per heavy atom. The minimum Gasteiger partial charge on any atom is -0.325 e. The van der Waals surface area contributed by atoms with Crippen LogP contribution in [-0.2, 0) is 13.0 Å². The molecule has 86 valence electrons. The van der Waals surface area contributed by atoms with Crippen LogP contribution in [0.1, 0.15) is 29.2 Å². The molecule has 0 spiro atoms. The molecule has 0 radical (unpaired) electrons. The van der Waals surface area contributed by atoms with Crippen molar-refractivity contribution in [3.05, 3.63) is 41.9 Å². The van der Waals surface area contributed by atoms with E-state index in [-0.39, 0.29) is 0 Å². The first-order valence-corrected chi connectivity index (χ1v) is 6.00. The zero-order valence-electron chi connectivity index (χ0n) is 9.60. The summed E-state index contributed by atoms with van der Waals surface area (Å²) in [6.45, 7) is 0.920. The predicted molar refractivity (Wildman–Crippen MR) is 66.0 cm³/mol. The van der Waals surface area contributed by atoms with Crippen molar-refractivity contribution in [2.45, 2.75) is 25.8 Å². The number of imidazole rings is 1. The number of hydrogen-bond donors (Lipinski definition) is 0. The van der Waals surface area contributed by atoms with Crippen LogP contribution in [0.15, 0.2) is 30.3 Å². The highest BCUT2D eigenvalue weighted by atomic mass is 16.1. The first-order valence-electron chi connectivity index (χ1n) is 6.00. The Balaban J connectivity index is 2.17. The molecule has 1 aliphatic heterocycles. The van der Waals surface area contributed by atoms with Gasteiger partial charge in [-0.05, 0) is 12.8 Å². The van der Waals surface area contributed by atoms with E-state index in [1.54, 1.807) is 0 Å². The topological polar surface area (TPSA) is 34.9 Å². The molecule has 3 heteroatoms. The number of hydrogen-bond acceptors (Lipinski definition) is 2. The van der Waals surface area contributed by atoms with Gasteiger partial charge in [0.2, 0.25) is 0 Å². The highest BCUT2D eigenvalue weighted by Gasteiger charge is 2.19. The van der Waals surface area contributed by atoms with E-state index in [1.165, 1.54) is 6.42 Å². The lowest BCUT2D eigenvalue weighted by atomic mass is 10.1. The van der Waals surface area contributed by atoms with Crippen molar-refractivity contribution in [2.24, 2.45) is 0 Å². The quantitative estimate of drug-likeness (QED) is 0.738. The smallest absolute Gasteiger partial charge is 0.168 e. The molecule has 1 aromatic carbocycles. The van der Waals surface area contributed by atoms with E-state index in [0.29, 0.717) is 0 Å². The van der Waals surface area contributed by atoms with Gasteiger partial charge in [0.1, 0.15) is 11.5 Å². The summed E-state index contributed by atoms with van der Waals surface area (Å²) in [6.07, 6.45) is 4.22. The fourth-order valence-corrected chi connectivity index (χ4v) is 2.43. The van der Waals surface area contributed by atoms with E-state index < -0.39 is 0 Å². The van der Waals surface area contributed by atoms with Gasteiger partial charge in [0.25, 0.3) is 0 Å². The van der Waals surface area contributed by atoms with Gasteiger partial charge in [-0.1, -0.05) is 30.3 Å². The second kappa shape index (κ2) is 4.17. The molecule has 2 heterocycles. The van der Waals surface area contributed by atoms with Crippen molar-refractivity contribution in [1.82, 2.24) is 9.55 Å². The van der Waals surface area contributed by atoms with Gasteiger partial charge in [-0.2, -0.15) is 0 Å². The third kappa shape index (κ3) is 1.68. The number of aldehydes is 1. The summed E-state index contributed by atoms with van der Waals surface area (Å²) in [6, 6.07) is 9.92. The van der Waals surface area contributed by atoms with Crippen molar-refractivity contribution in [3.63, 3.8) is 0 Å². The molecule has 17 heavy (non-hydrogen) atoms. The predicted octanol–water partition coefficient (Wildman–Crippen LogP) is 2.70. The number of fused-ring (bicyclic) bond motifs is 1. The summed E-state index contributed by atoms with van der Waals surface area (Å²) in [5, 5.41) is 0. The Morgan fingerprint density at radius 1 is 1.18 bits per heavy atom. The molecule has 0 saturated heterocycles. The monoisotopic (exact) mass is 226 g/mol. The van der Waals surface area contributed by atoms with E-state index in [4.69, 9.17) is 0 Å². The minimum absolute atomic E-state index is 0.728. The van der Waals surface area contributed by atoms with Crippen molar-refractivity contribution in [2.75, 3.05) is 0 Å². The molecule has 3 rings (SSSR count). The molecule has 0 saturated carbocycles. The second-order valence-electron chi connectivity index (χ2n) is 4.35. The zero-order valence-corrected chi connectivity index (χ0v) is 9.60. The van der Waals surface area contributed by atoms with Crippen LogP contribution in [0, 0.1) is 0 Å². The molecule has 0 bridgehead atoms. The van der Waals surface area contributed by atoms with E-state index in [1.807, 2.05) is 30.3 Å². The molecule has 1 aromatic heterocycles. The van der Waals surface area contributed by atoms with Crippen molar-refractivity contribution in [1.29, 1.82) is 0 Å². The third-order valence-corrected chi connectivity index (χ3v) is 3.28. The van der Waals surface area contributed by atoms with Gasteiger partial charge >= 0.3 is 0 Å². The maximum Gasteiger partial charge on any atom is 0.168 e. The van der Waals surface area contributed by atoms with Crippen LogP contribution < -0.4 is 0 Å². The van der Waals surface area contributed by atoms with E-state index in [2.05, 4.69) is 9.55 Å². The van der Waals surface area contributed by atoms with Crippen LogP contribution in [0.5, 0.6) is 0 Å². The molecule has 0 unspecified atom stereocenters. The van der Waals surface area contributed by atoms with Crippen LogP contribution in [0.2, 0.25) is 0 Å². The maximum absolute atomic E-state index is 11.3. The molecule has 0 atom stereocenters. The molecule has 0 amide bonds. The number of carbonyl (C=O) groups excluding carboxylic acids is 1. The van der Waals surface area contributed by atoms with Crippen LogP contribution >= 0.6 is 0 Å². The Bertz CT molecular complexity index is 543. The van der Waals surface area contributed by atoms with Gasteiger partial charge in [-0.15, -0.1) is 0 Å². The summed E-state index contributed by atoms with van der Waals surface area (Å²) >= 11 is 0. The zero-order chi connectivity index (χ0) is 11.7. The number of aromatic nitrogens is 2. The SMILES string of the molecule is O=Cc1c(-c2ccccc2)nc2n1CCCC2. The fraction of sp³-hybridized carbons (Fsp3) is 0.286. The molecule has 3 nitrogen and oxygen atoms in total. The first-order chi connectivity index (χ1) is 8.40. The van der Waals surface area contributed by atoms with Crippen molar-refractivity contribution >= 4 is 6.29 Å². The van der Waals surface area contributed by atoms with E-state index in [0.717, 1.165) is 48.4 Å². The lowest BCUT2D eigenvalue weighted by Gasteiger charge is -2.13. The number of nitrogens with zero attached hydrogens (tertiary/aromatic N) is 2. The number of aryl methyl sites for hydroxylation is 1. The Kier molecular flexibility index (Phi) is 2.52. The lowest BCUT2D eigenvalue weighted by Crippen LogP contribution is -2.12. The van der Waals surface area contributed by atoms with Crippen molar-refractivity contribution < 1.29 is 4.79 Å². The molecule has 1 aliphatic rings. The number of rotatable bonds is 2. The van der Waals surface area contributed by atoms with Gasteiger partial charge in [-0.3, -0.25) is 4.79 Å². The Morgan fingerprint density at radius 2 is 2.00 bits per heavy atom. The molecule has 0 N–H and O–H groups in total. The first kappa shape index (κ1) is 10.3. The van der Waals surface area contributed by atoms with Crippen LogP contribution in [0.25, 0.3) is 11.3 Å². The van der Waals surface area contributed by atoms with Gasteiger partial charge in [0.15, 0.2) is 6.29 Å². The molecule has 2 aromatic rings. The second-order valence-corrected chi connectivity index (χ2v) is 4.35. The molecule has 0 fully saturated rings. The highest BCUT2D eigenvalue weighted by Crippen LogP contribution is 2.26. The fourth-order valence-electron chi connectivity index (χ4n) is 2.43. The summed E-state index contributed by atoms with van der Waals surface area (Å²) in [4.78, 5) is 15.9. The van der Waals surface area contributed by atoms with Gasteiger partial charge in [0.05, 0.1) is 5.69 Å². The van der Waals surface area contributed by atoms with E-state index in [9.17, 15) is 4.79 Å². The minimum atomic E-state index is 0.728. The van der Waals surface area contributed by atoms with Gasteiger partial charge < -0.3 is 4.57 Å². The van der Waals surface area contributed by atoms with Crippen LogP contribution in [0.4, 0.5) is 0 Å². The number of benzene rings is 1. The van der Waals surface area contributed by atoms with Gasteiger partial charge in [-0.25, -0.2) is 4.98 Å². The summed E-state index contributed by atoms with van der Waals surface area (Å²) < 4.78 is 2.07. The normalized spacial score (nSPS) is 14.4. The standard InChI is InChI=1S/C14H14N2O/c17-10-12-14(11-6-2-1-3-7-11)15-13-8-4-5-9-16(12)13/h1-3,6-7,10H,4-5,8-9H2. The van der Waals surface area contributed by atoms with E-state index >= 15 is 0 Å². The number of carbonyl (C=O) groups is 1. The highest BCUT2D eigenvalue weighted by molar-refractivity contribution is 5.84. The molecular formula is C14H14N2O. The summed E-state index contributed by atoms with van der Waals surface area (Å²) in [7, 11) is 0. The molecular weight excluding hydrogens is 212 g/mol.